The SMILES string of the molecule is O=S(=O)(Nc1nn(Cc2ccccc2Cl)cc1Cl)c1ccc(Br)s1. The van der Waals surface area contributed by atoms with Crippen LogP contribution in [0.5, 0.6) is 0 Å². The fraction of sp³-hybridized carbons (Fsp3) is 0.0714. The van der Waals surface area contributed by atoms with Gasteiger partial charge in [0.25, 0.3) is 10.0 Å². The lowest BCUT2D eigenvalue weighted by Crippen LogP contribution is -2.12. The van der Waals surface area contributed by atoms with Gasteiger partial charge in [-0.15, -0.1) is 11.3 Å². The number of hydrogen-bond donors (Lipinski definition) is 1. The zero-order valence-corrected chi connectivity index (χ0v) is 16.6. The molecule has 2 aromatic heterocycles. The molecule has 0 atom stereocenters. The van der Waals surface area contributed by atoms with Crippen molar-refractivity contribution in [1.29, 1.82) is 0 Å². The number of halogens is 3. The molecule has 0 aliphatic heterocycles. The van der Waals surface area contributed by atoms with E-state index in [0.29, 0.717) is 11.6 Å². The highest BCUT2D eigenvalue weighted by atomic mass is 79.9. The highest BCUT2D eigenvalue weighted by Crippen LogP contribution is 2.29. The Morgan fingerprint density at radius 2 is 1.92 bits per heavy atom. The number of rotatable bonds is 5. The van der Waals surface area contributed by atoms with E-state index in [9.17, 15) is 8.42 Å². The Kier molecular flexibility index (Phi) is 5.22. The van der Waals surface area contributed by atoms with Gasteiger partial charge in [-0.25, -0.2) is 8.42 Å². The van der Waals surface area contributed by atoms with Crippen LogP contribution in [0.3, 0.4) is 0 Å². The maximum atomic E-state index is 12.3. The van der Waals surface area contributed by atoms with E-state index in [1.165, 1.54) is 10.7 Å². The minimum atomic E-state index is -3.73. The van der Waals surface area contributed by atoms with E-state index in [4.69, 9.17) is 23.2 Å². The molecule has 10 heteroatoms. The summed E-state index contributed by atoms with van der Waals surface area (Å²) < 4.78 is 29.5. The monoisotopic (exact) mass is 465 g/mol. The predicted octanol–water partition coefficient (Wildman–Crippen LogP) is 4.86. The average molecular weight is 467 g/mol. The largest absolute Gasteiger partial charge is 0.272 e. The zero-order valence-electron chi connectivity index (χ0n) is 11.9. The van der Waals surface area contributed by atoms with Crippen LogP contribution in [0, 0.1) is 0 Å². The van der Waals surface area contributed by atoms with Crippen LogP contribution in [0.2, 0.25) is 10.0 Å². The summed E-state index contributed by atoms with van der Waals surface area (Å²) in [5.74, 6) is 0.0771. The van der Waals surface area contributed by atoms with Crippen LogP contribution >= 0.6 is 50.5 Å². The standard InChI is InChI=1S/C14H10BrCl2N3O2S2/c15-12-5-6-13(23-12)24(21,22)19-14-11(17)8-20(18-14)7-9-3-1-2-4-10(9)16/h1-6,8H,7H2,(H,18,19). The van der Waals surface area contributed by atoms with Gasteiger partial charge in [0.2, 0.25) is 0 Å². The quantitative estimate of drug-likeness (QED) is 0.583. The molecule has 2 heterocycles. The molecule has 126 valence electrons. The van der Waals surface area contributed by atoms with E-state index in [1.807, 2.05) is 18.2 Å². The molecule has 3 rings (SSSR count). The number of sulfonamides is 1. The van der Waals surface area contributed by atoms with Crippen molar-refractivity contribution < 1.29 is 8.42 Å². The molecule has 0 bridgehead atoms. The third-order valence-electron chi connectivity index (χ3n) is 3.05. The summed E-state index contributed by atoms with van der Waals surface area (Å²) in [5, 5.41) is 5.01. The molecule has 1 aromatic carbocycles. The van der Waals surface area contributed by atoms with Crippen molar-refractivity contribution in [3.05, 3.63) is 62.0 Å². The lowest BCUT2D eigenvalue weighted by molar-refractivity contribution is 0.602. The van der Waals surface area contributed by atoms with Gasteiger partial charge in [-0.1, -0.05) is 41.4 Å². The average Bonchev–Trinajstić information content (AvgIpc) is 3.08. The van der Waals surface area contributed by atoms with E-state index in [2.05, 4.69) is 25.8 Å². The van der Waals surface area contributed by atoms with Crippen LogP contribution in [-0.2, 0) is 16.6 Å². The van der Waals surface area contributed by atoms with E-state index in [1.54, 1.807) is 18.3 Å². The molecule has 24 heavy (non-hydrogen) atoms. The van der Waals surface area contributed by atoms with Crippen molar-refractivity contribution in [2.24, 2.45) is 0 Å². The first-order chi connectivity index (χ1) is 11.3. The Morgan fingerprint density at radius 1 is 1.17 bits per heavy atom. The number of nitrogens with zero attached hydrogens (tertiary/aromatic N) is 2. The summed E-state index contributed by atoms with van der Waals surface area (Å²) in [4.78, 5) is 0. The van der Waals surface area contributed by atoms with Gasteiger partial charge in [0, 0.05) is 11.2 Å². The molecular weight excluding hydrogens is 457 g/mol. The third kappa shape index (κ3) is 3.94. The van der Waals surface area contributed by atoms with Crippen LogP contribution in [0.1, 0.15) is 5.56 Å². The highest BCUT2D eigenvalue weighted by molar-refractivity contribution is 9.11. The molecule has 3 aromatic rings. The van der Waals surface area contributed by atoms with E-state index >= 15 is 0 Å². The van der Waals surface area contributed by atoms with Crippen LogP contribution in [0.25, 0.3) is 0 Å². The van der Waals surface area contributed by atoms with Crippen LogP contribution in [-0.4, -0.2) is 18.2 Å². The van der Waals surface area contributed by atoms with Crippen molar-refractivity contribution in [3.8, 4) is 0 Å². The minimum absolute atomic E-state index is 0.0771. The maximum Gasteiger partial charge on any atom is 0.272 e. The Balaban J connectivity index is 1.83. The Hall–Kier alpha value is -1.06. The van der Waals surface area contributed by atoms with Gasteiger partial charge in [-0.3, -0.25) is 9.40 Å². The van der Waals surface area contributed by atoms with Gasteiger partial charge in [-0.2, -0.15) is 5.10 Å². The number of nitrogens with one attached hydrogen (secondary N) is 1. The summed E-state index contributed by atoms with van der Waals surface area (Å²) in [6, 6.07) is 10.5. The van der Waals surface area contributed by atoms with Crippen molar-refractivity contribution in [1.82, 2.24) is 9.78 Å². The fourth-order valence-electron chi connectivity index (χ4n) is 1.97. The van der Waals surface area contributed by atoms with Crippen LogP contribution in [0.15, 0.2) is 50.6 Å². The maximum absolute atomic E-state index is 12.3. The van der Waals surface area contributed by atoms with Crippen molar-refractivity contribution in [2.75, 3.05) is 4.72 Å². The first kappa shape index (κ1) is 17.8. The van der Waals surface area contributed by atoms with E-state index in [-0.39, 0.29) is 15.0 Å². The summed E-state index contributed by atoms with van der Waals surface area (Å²) in [5.41, 5.74) is 0.856. The van der Waals surface area contributed by atoms with Crippen molar-refractivity contribution >= 4 is 66.3 Å². The Bertz CT molecular complexity index is 986. The molecule has 5 nitrogen and oxygen atoms in total. The lowest BCUT2D eigenvalue weighted by Gasteiger charge is -2.05. The summed E-state index contributed by atoms with van der Waals surface area (Å²) in [7, 11) is -3.73. The number of anilines is 1. The molecule has 0 radical (unpaired) electrons. The van der Waals surface area contributed by atoms with Gasteiger partial charge in [0.1, 0.15) is 9.23 Å². The molecule has 0 aliphatic carbocycles. The second kappa shape index (κ2) is 7.05. The molecule has 0 amide bonds. The molecular formula is C14H10BrCl2N3O2S2. The topological polar surface area (TPSA) is 64.0 Å². The van der Waals surface area contributed by atoms with Crippen molar-refractivity contribution in [3.63, 3.8) is 0 Å². The smallest absolute Gasteiger partial charge is 0.265 e. The number of hydrogen-bond acceptors (Lipinski definition) is 4. The molecule has 0 saturated carbocycles. The van der Waals surface area contributed by atoms with Gasteiger partial charge in [0.15, 0.2) is 5.82 Å². The molecule has 1 N–H and O–H groups in total. The molecule has 0 unspecified atom stereocenters. The van der Waals surface area contributed by atoms with Gasteiger partial charge in [0.05, 0.1) is 10.3 Å². The molecule has 0 saturated heterocycles. The number of aromatic nitrogens is 2. The fourth-order valence-corrected chi connectivity index (χ4v) is 5.44. The van der Waals surface area contributed by atoms with Gasteiger partial charge < -0.3 is 0 Å². The Morgan fingerprint density at radius 3 is 2.58 bits per heavy atom. The number of thiophene rings is 1. The molecule has 0 spiro atoms. The van der Waals surface area contributed by atoms with Crippen LogP contribution < -0.4 is 4.72 Å². The predicted molar refractivity (Wildman–Crippen MR) is 101 cm³/mol. The van der Waals surface area contributed by atoms with Crippen LogP contribution in [0.4, 0.5) is 5.82 Å². The normalized spacial score (nSPS) is 11.6. The second-order valence-corrected chi connectivity index (χ2v) is 9.97. The zero-order chi connectivity index (χ0) is 17.3. The first-order valence-corrected chi connectivity index (χ1v) is 10.4. The molecule has 0 fully saturated rings. The third-order valence-corrected chi connectivity index (χ3v) is 7.15. The van der Waals surface area contributed by atoms with E-state index < -0.39 is 10.0 Å². The summed E-state index contributed by atoms with van der Waals surface area (Å²) >= 11 is 16.6. The van der Waals surface area contributed by atoms with Crippen molar-refractivity contribution in [2.45, 2.75) is 10.8 Å². The lowest BCUT2D eigenvalue weighted by atomic mass is 10.2. The van der Waals surface area contributed by atoms with Gasteiger partial charge >= 0.3 is 0 Å². The Labute approximate surface area is 161 Å². The summed E-state index contributed by atoms with van der Waals surface area (Å²) in [6.07, 6.45) is 1.55. The molecule has 0 aliphatic rings. The number of benzene rings is 1. The summed E-state index contributed by atoms with van der Waals surface area (Å²) in [6.45, 7) is 0.381. The minimum Gasteiger partial charge on any atom is -0.265 e. The second-order valence-electron chi connectivity index (χ2n) is 4.78. The highest BCUT2D eigenvalue weighted by Gasteiger charge is 2.20. The van der Waals surface area contributed by atoms with E-state index in [0.717, 1.165) is 20.7 Å². The van der Waals surface area contributed by atoms with Gasteiger partial charge in [-0.05, 0) is 39.7 Å². The first-order valence-electron chi connectivity index (χ1n) is 6.60.